The number of benzene rings is 1. The van der Waals surface area contributed by atoms with Crippen molar-refractivity contribution in [2.45, 2.75) is 25.2 Å². The van der Waals surface area contributed by atoms with Crippen molar-refractivity contribution >= 4 is 27.5 Å². The number of rotatable bonds is 2. The Morgan fingerprint density at radius 2 is 2.10 bits per heavy atom. The number of halogens is 4. The summed E-state index contributed by atoms with van der Waals surface area (Å²) in [5, 5.41) is 0. The fraction of sp³-hybridized carbons (Fsp3) is 0.417. The Kier molecular flexibility index (Phi) is 4.24. The number of nitrogens with zero attached hydrogens (tertiary/aromatic N) is 1. The summed E-state index contributed by atoms with van der Waals surface area (Å²) in [6.07, 6.45) is -3.66. The molecule has 0 aliphatic carbocycles. The van der Waals surface area contributed by atoms with Crippen molar-refractivity contribution in [3.05, 3.63) is 22.7 Å². The van der Waals surface area contributed by atoms with Crippen LogP contribution in [0, 0.1) is 0 Å². The molecule has 110 valence electrons. The third-order valence-electron chi connectivity index (χ3n) is 2.92. The van der Waals surface area contributed by atoms with Gasteiger partial charge in [-0.3, -0.25) is 4.79 Å². The van der Waals surface area contributed by atoms with Crippen molar-refractivity contribution in [2.24, 2.45) is 5.73 Å². The zero-order valence-corrected chi connectivity index (χ0v) is 11.9. The van der Waals surface area contributed by atoms with E-state index in [-0.39, 0.29) is 5.69 Å². The van der Waals surface area contributed by atoms with E-state index in [4.69, 9.17) is 5.73 Å². The van der Waals surface area contributed by atoms with Crippen molar-refractivity contribution in [3.63, 3.8) is 0 Å². The second-order valence-corrected chi connectivity index (χ2v) is 5.31. The van der Waals surface area contributed by atoms with E-state index in [9.17, 15) is 18.0 Å². The fourth-order valence-corrected chi connectivity index (χ4v) is 2.40. The standard InChI is InChI=1S/C12H12BrF3N2O2/c13-7-3-4-9(10(6-7)20-12(14,15)16)18-5-1-2-8(17)11(18)19/h3-4,6,8H,1-2,5,17H2. The summed E-state index contributed by atoms with van der Waals surface area (Å²) in [5.74, 6) is -0.820. The molecule has 4 nitrogen and oxygen atoms in total. The van der Waals surface area contributed by atoms with Gasteiger partial charge in [0.15, 0.2) is 5.75 Å². The normalized spacial score (nSPS) is 20.1. The van der Waals surface area contributed by atoms with Gasteiger partial charge in [-0.15, -0.1) is 13.2 Å². The van der Waals surface area contributed by atoms with Crippen LogP contribution in [0.15, 0.2) is 22.7 Å². The predicted molar refractivity (Wildman–Crippen MR) is 70.4 cm³/mol. The molecule has 1 unspecified atom stereocenters. The maximum absolute atomic E-state index is 12.4. The van der Waals surface area contributed by atoms with E-state index in [1.165, 1.54) is 17.0 Å². The number of carbonyl (C=O) groups excluding carboxylic acids is 1. The van der Waals surface area contributed by atoms with E-state index in [1.54, 1.807) is 6.07 Å². The topological polar surface area (TPSA) is 55.6 Å². The number of hydrogen-bond donors (Lipinski definition) is 1. The average molecular weight is 353 g/mol. The molecule has 0 bridgehead atoms. The fourth-order valence-electron chi connectivity index (χ4n) is 2.06. The molecule has 1 aromatic rings. The summed E-state index contributed by atoms with van der Waals surface area (Å²) in [6.45, 7) is 0.322. The van der Waals surface area contributed by atoms with Gasteiger partial charge in [0, 0.05) is 11.0 Å². The number of alkyl halides is 3. The highest BCUT2D eigenvalue weighted by atomic mass is 79.9. The van der Waals surface area contributed by atoms with Crippen LogP contribution in [0.5, 0.6) is 5.75 Å². The first-order valence-electron chi connectivity index (χ1n) is 5.90. The van der Waals surface area contributed by atoms with Gasteiger partial charge in [0.1, 0.15) is 0 Å². The van der Waals surface area contributed by atoms with Gasteiger partial charge in [-0.1, -0.05) is 15.9 Å². The Morgan fingerprint density at radius 1 is 1.40 bits per heavy atom. The highest BCUT2D eigenvalue weighted by molar-refractivity contribution is 9.10. The molecule has 0 saturated carbocycles. The number of hydrogen-bond acceptors (Lipinski definition) is 3. The zero-order chi connectivity index (χ0) is 14.9. The quantitative estimate of drug-likeness (QED) is 0.890. The Bertz CT molecular complexity index is 522. The molecule has 0 spiro atoms. The summed E-state index contributed by atoms with van der Waals surface area (Å²) in [7, 11) is 0. The molecular formula is C12H12BrF3N2O2. The van der Waals surface area contributed by atoms with E-state index in [1.807, 2.05) is 0 Å². The van der Waals surface area contributed by atoms with Crippen LogP contribution in [0.3, 0.4) is 0 Å². The summed E-state index contributed by atoms with van der Waals surface area (Å²) < 4.78 is 41.7. The zero-order valence-electron chi connectivity index (χ0n) is 10.3. The lowest BCUT2D eigenvalue weighted by Crippen LogP contribution is -2.48. The minimum Gasteiger partial charge on any atom is -0.404 e. The SMILES string of the molecule is NC1CCCN(c2ccc(Br)cc2OC(F)(F)F)C1=O. The summed E-state index contributed by atoms with van der Waals surface area (Å²) in [4.78, 5) is 13.2. The molecule has 0 radical (unpaired) electrons. The van der Waals surface area contributed by atoms with Crippen LogP contribution in [-0.4, -0.2) is 24.9 Å². The second-order valence-electron chi connectivity index (χ2n) is 4.40. The molecule has 2 rings (SSSR count). The van der Waals surface area contributed by atoms with Crippen LogP contribution in [0.1, 0.15) is 12.8 Å². The second kappa shape index (κ2) is 5.61. The van der Waals surface area contributed by atoms with Crippen LogP contribution in [0.2, 0.25) is 0 Å². The van der Waals surface area contributed by atoms with Crippen LogP contribution >= 0.6 is 15.9 Å². The number of piperidine rings is 1. The van der Waals surface area contributed by atoms with Crippen LogP contribution in [0.25, 0.3) is 0 Å². The van der Waals surface area contributed by atoms with Crippen molar-refractivity contribution in [1.82, 2.24) is 0 Å². The third-order valence-corrected chi connectivity index (χ3v) is 3.41. The maximum Gasteiger partial charge on any atom is 0.573 e. The van der Waals surface area contributed by atoms with Crippen molar-refractivity contribution < 1.29 is 22.7 Å². The molecule has 1 atom stereocenters. The first kappa shape index (κ1) is 15.1. The molecule has 1 aliphatic rings. The number of anilines is 1. The van der Waals surface area contributed by atoms with E-state index in [2.05, 4.69) is 20.7 Å². The highest BCUT2D eigenvalue weighted by Gasteiger charge is 2.35. The molecule has 1 aliphatic heterocycles. The number of amides is 1. The Labute approximate surface area is 121 Å². The molecule has 20 heavy (non-hydrogen) atoms. The minimum absolute atomic E-state index is 0.0747. The van der Waals surface area contributed by atoms with Crippen molar-refractivity contribution in [2.75, 3.05) is 11.4 Å². The minimum atomic E-state index is -4.82. The molecule has 0 aromatic heterocycles. The highest BCUT2D eigenvalue weighted by Crippen LogP contribution is 2.36. The molecule has 8 heteroatoms. The van der Waals surface area contributed by atoms with E-state index >= 15 is 0 Å². The van der Waals surface area contributed by atoms with Gasteiger partial charge < -0.3 is 15.4 Å². The van der Waals surface area contributed by atoms with Gasteiger partial charge in [-0.25, -0.2) is 0 Å². The van der Waals surface area contributed by atoms with Gasteiger partial charge in [-0.05, 0) is 31.0 Å². The number of carbonyl (C=O) groups is 1. The van der Waals surface area contributed by atoms with Crippen LogP contribution < -0.4 is 15.4 Å². The van der Waals surface area contributed by atoms with Crippen LogP contribution in [-0.2, 0) is 4.79 Å². The predicted octanol–water partition coefficient (Wildman–Crippen LogP) is 2.80. The van der Waals surface area contributed by atoms with Gasteiger partial charge in [0.05, 0.1) is 11.7 Å². The summed E-state index contributed by atoms with van der Waals surface area (Å²) in [5.41, 5.74) is 5.72. The first-order chi connectivity index (χ1) is 9.28. The molecule has 1 heterocycles. The molecule has 1 amide bonds. The van der Waals surface area contributed by atoms with E-state index in [0.29, 0.717) is 23.9 Å². The number of nitrogens with two attached hydrogens (primary N) is 1. The summed E-state index contributed by atoms with van der Waals surface area (Å²) in [6, 6.07) is 3.44. The monoisotopic (exact) mass is 352 g/mol. The molecule has 1 saturated heterocycles. The first-order valence-corrected chi connectivity index (χ1v) is 6.69. The Morgan fingerprint density at radius 3 is 2.75 bits per heavy atom. The van der Waals surface area contributed by atoms with Gasteiger partial charge in [0.25, 0.3) is 0 Å². The van der Waals surface area contributed by atoms with Crippen LogP contribution in [0.4, 0.5) is 18.9 Å². The van der Waals surface area contributed by atoms with Gasteiger partial charge in [-0.2, -0.15) is 0 Å². The van der Waals surface area contributed by atoms with E-state index in [0.717, 1.165) is 0 Å². The lowest BCUT2D eigenvalue weighted by Gasteiger charge is -2.31. The lowest BCUT2D eigenvalue weighted by molar-refractivity contribution is -0.274. The Hall–Kier alpha value is -1.28. The summed E-state index contributed by atoms with van der Waals surface area (Å²) >= 11 is 3.08. The number of ether oxygens (including phenoxy) is 1. The largest absolute Gasteiger partial charge is 0.573 e. The Balaban J connectivity index is 2.37. The van der Waals surface area contributed by atoms with Gasteiger partial charge >= 0.3 is 6.36 Å². The third kappa shape index (κ3) is 3.43. The lowest BCUT2D eigenvalue weighted by atomic mass is 10.0. The molecule has 2 N–H and O–H groups in total. The van der Waals surface area contributed by atoms with Crippen molar-refractivity contribution in [3.8, 4) is 5.75 Å². The van der Waals surface area contributed by atoms with Gasteiger partial charge in [0.2, 0.25) is 5.91 Å². The average Bonchev–Trinajstić information content (AvgIpc) is 2.32. The van der Waals surface area contributed by atoms with E-state index < -0.39 is 24.1 Å². The molecular weight excluding hydrogens is 341 g/mol. The molecule has 1 fully saturated rings. The van der Waals surface area contributed by atoms with Crippen molar-refractivity contribution in [1.29, 1.82) is 0 Å². The molecule has 1 aromatic carbocycles. The smallest absolute Gasteiger partial charge is 0.404 e. The maximum atomic E-state index is 12.4.